The molecule has 0 radical (unpaired) electrons. The third-order valence-corrected chi connectivity index (χ3v) is 5.60. The highest BCUT2D eigenvalue weighted by Gasteiger charge is 2.19. The number of carbonyl (C=O) groups is 1. The Morgan fingerprint density at radius 2 is 1.78 bits per heavy atom. The van der Waals surface area contributed by atoms with E-state index in [-0.39, 0.29) is 11.3 Å². The zero-order valence-electron chi connectivity index (χ0n) is 14.8. The summed E-state index contributed by atoms with van der Waals surface area (Å²) in [7, 11) is 0. The van der Waals surface area contributed by atoms with Crippen LogP contribution >= 0.6 is 23.2 Å². The molecule has 2 aromatic rings. The van der Waals surface area contributed by atoms with E-state index >= 15 is 0 Å². The molecule has 27 heavy (non-hydrogen) atoms. The van der Waals surface area contributed by atoms with Gasteiger partial charge in [-0.1, -0.05) is 35.3 Å². The van der Waals surface area contributed by atoms with Gasteiger partial charge in [-0.15, -0.1) is 0 Å². The second-order valence-electron chi connectivity index (χ2n) is 6.84. The van der Waals surface area contributed by atoms with E-state index in [2.05, 4.69) is 10.2 Å². The Morgan fingerprint density at radius 3 is 2.44 bits per heavy atom. The van der Waals surface area contributed by atoms with Crippen molar-refractivity contribution in [1.29, 1.82) is 0 Å². The molecule has 0 aromatic heterocycles. The van der Waals surface area contributed by atoms with Crippen LogP contribution in [0, 0.1) is 0 Å². The third kappa shape index (κ3) is 5.36. The first-order valence-corrected chi connectivity index (χ1v) is 9.63. The van der Waals surface area contributed by atoms with Crippen LogP contribution in [0.2, 0.25) is 10.0 Å². The van der Waals surface area contributed by atoms with E-state index in [0.29, 0.717) is 22.6 Å². The number of piperidine rings is 1. The van der Waals surface area contributed by atoms with Crippen molar-refractivity contribution in [2.75, 3.05) is 13.1 Å². The van der Waals surface area contributed by atoms with Crippen LogP contribution in [-0.2, 0) is 13.1 Å². The molecule has 0 aliphatic carbocycles. The topological polar surface area (TPSA) is 72.8 Å². The second kappa shape index (κ2) is 8.93. The van der Waals surface area contributed by atoms with Crippen LogP contribution in [0.5, 0.6) is 5.75 Å². The number of likely N-dealkylation sites (tertiary alicyclic amines) is 1. The van der Waals surface area contributed by atoms with Crippen LogP contribution in [0.25, 0.3) is 0 Å². The summed E-state index contributed by atoms with van der Waals surface area (Å²) in [6.07, 6.45) is 2.04. The van der Waals surface area contributed by atoms with Crippen molar-refractivity contribution in [3.63, 3.8) is 0 Å². The minimum Gasteiger partial charge on any atom is -0.507 e. The van der Waals surface area contributed by atoms with E-state index in [9.17, 15) is 9.90 Å². The van der Waals surface area contributed by atoms with Gasteiger partial charge in [-0.05, 0) is 61.3 Å². The van der Waals surface area contributed by atoms with Crippen molar-refractivity contribution in [2.45, 2.75) is 32.0 Å². The molecule has 144 valence electrons. The number of hydrogen-bond acceptors (Lipinski definition) is 4. The van der Waals surface area contributed by atoms with Crippen LogP contribution in [0.1, 0.15) is 34.3 Å². The summed E-state index contributed by atoms with van der Waals surface area (Å²) in [6.45, 7) is 3.39. The lowest BCUT2D eigenvalue weighted by molar-refractivity contribution is 0.0693. The molecule has 3 N–H and O–H groups in total. The lowest BCUT2D eigenvalue weighted by atomic mass is 10.0. The van der Waals surface area contributed by atoms with Gasteiger partial charge in [0.1, 0.15) is 11.3 Å². The summed E-state index contributed by atoms with van der Waals surface area (Å²) < 4.78 is 0. The van der Waals surface area contributed by atoms with E-state index in [0.717, 1.165) is 43.6 Å². The predicted octanol–water partition coefficient (Wildman–Crippen LogP) is 4.15. The van der Waals surface area contributed by atoms with Crippen molar-refractivity contribution in [3.8, 4) is 5.75 Å². The molecule has 7 heteroatoms. The summed E-state index contributed by atoms with van der Waals surface area (Å²) in [4.78, 5) is 13.5. The number of hydrogen-bond donors (Lipinski definition) is 3. The van der Waals surface area contributed by atoms with Crippen LogP contribution < -0.4 is 5.32 Å². The number of carboxylic acid groups (broad SMARTS) is 1. The average molecular weight is 409 g/mol. The van der Waals surface area contributed by atoms with Crippen LogP contribution in [0.15, 0.2) is 36.4 Å². The number of nitrogens with one attached hydrogen (secondary N) is 1. The monoisotopic (exact) mass is 408 g/mol. The predicted molar refractivity (Wildman–Crippen MR) is 107 cm³/mol. The molecule has 3 rings (SSSR count). The fourth-order valence-corrected chi connectivity index (χ4v) is 3.64. The van der Waals surface area contributed by atoms with Crippen molar-refractivity contribution < 1.29 is 15.0 Å². The van der Waals surface area contributed by atoms with Crippen molar-refractivity contribution >= 4 is 29.2 Å². The van der Waals surface area contributed by atoms with Crippen molar-refractivity contribution in [3.05, 3.63) is 63.1 Å². The number of aromatic carboxylic acids is 1. The third-order valence-electron chi connectivity index (χ3n) is 4.86. The SMILES string of the molecule is O=C(O)c1cc(CNC2CCN(Cc3ccc(Cl)c(Cl)c3)CC2)ccc1O. The minimum absolute atomic E-state index is 0.0641. The largest absolute Gasteiger partial charge is 0.507 e. The van der Waals surface area contributed by atoms with Gasteiger partial charge in [-0.2, -0.15) is 0 Å². The number of aromatic hydroxyl groups is 1. The lowest BCUT2D eigenvalue weighted by Gasteiger charge is -2.32. The van der Waals surface area contributed by atoms with Gasteiger partial charge < -0.3 is 15.5 Å². The normalized spacial score (nSPS) is 15.8. The smallest absolute Gasteiger partial charge is 0.339 e. The maximum absolute atomic E-state index is 11.1. The Morgan fingerprint density at radius 1 is 1.07 bits per heavy atom. The first kappa shape index (κ1) is 20.0. The molecular formula is C20H22Cl2N2O3. The fourth-order valence-electron chi connectivity index (χ4n) is 3.32. The summed E-state index contributed by atoms with van der Waals surface area (Å²) in [5, 5.41) is 23.3. The van der Waals surface area contributed by atoms with E-state index in [4.69, 9.17) is 28.3 Å². The molecule has 1 fully saturated rings. The standard InChI is InChI=1S/C20H22Cl2N2O3/c21-17-3-1-14(10-18(17)22)12-24-7-5-15(6-8-24)23-11-13-2-4-19(25)16(9-13)20(26)27/h1-4,9-10,15,23,25H,5-8,11-12H2,(H,26,27). The Kier molecular flexibility index (Phi) is 6.60. The van der Waals surface area contributed by atoms with Gasteiger partial charge in [-0.25, -0.2) is 4.79 Å². The molecule has 1 heterocycles. The van der Waals surface area contributed by atoms with Gasteiger partial charge in [0.25, 0.3) is 0 Å². The maximum Gasteiger partial charge on any atom is 0.339 e. The maximum atomic E-state index is 11.1. The molecule has 2 aromatic carbocycles. The average Bonchev–Trinajstić information content (AvgIpc) is 2.65. The number of benzene rings is 2. The van der Waals surface area contributed by atoms with Gasteiger partial charge in [0.15, 0.2) is 0 Å². The highest BCUT2D eigenvalue weighted by atomic mass is 35.5. The minimum atomic E-state index is -1.12. The number of rotatable bonds is 6. The summed E-state index contributed by atoms with van der Waals surface area (Å²) in [5.41, 5.74) is 1.94. The molecule has 0 unspecified atom stereocenters. The van der Waals surface area contributed by atoms with Crippen molar-refractivity contribution in [1.82, 2.24) is 10.2 Å². The van der Waals surface area contributed by atoms with Gasteiger partial charge in [0, 0.05) is 19.1 Å². The van der Waals surface area contributed by atoms with Crippen molar-refractivity contribution in [2.24, 2.45) is 0 Å². The Bertz CT molecular complexity index is 821. The first-order chi connectivity index (χ1) is 12.9. The molecule has 0 bridgehead atoms. The Hall–Kier alpha value is -1.79. The molecule has 0 spiro atoms. The van der Waals surface area contributed by atoms with E-state index in [1.165, 1.54) is 12.1 Å². The molecular weight excluding hydrogens is 387 g/mol. The fraction of sp³-hybridized carbons (Fsp3) is 0.350. The van der Waals surface area contributed by atoms with E-state index in [1.54, 1.807) is 6.07 Å². The highest BCUT2D eigenvalue weighted by Crippen LogP contribution is 2.24. The van der Waals surface area contributed by atoms with Crippen LogP contribution in [0.3, 0.4) is 0 Å². The molecule has 1 aliphatic rings. The molecule has 0 saturated carbocycles. The number of phenols is 1. The molecule has 0 atom stereocenters. The number of nitrogens with zero attached hydrogens (tertiary/aromatic N) is 1. The zero-order valence-corrected chi connectivity index (χ0v) is 16.3. The summed E-state index contributed by atoms with van der Waals surface area (Å²) in [5.74, 6) is -1.33. The Balaban J connectivity index is 1.47. The van der Waals surface area contributed by atoms with E-state index < -0.39 is 5.97 Å². The first-order valence-electron chi connectivity index (χ1n) is 8.87. The summed E-state index contributed by atoms with van der Waals surface area (Å²) in [6, 6.07) is 10.8. The van der Waals surface area contributed by atoms with Gasteiger partial charge in [0.2, 0.25) is 0 Å². The number of halogens is 2. The van der Waals surface area contributed by atoms with Gasteiger partial charge in [0.05, 0.1) is 10.0 Å². The van der Waals surface area contributed by atoms with Crippen LogP contribution in [-0.4, -0.2) is 40.2 Å². The molecule has 0 amide bonds. The lowest BCUT2D eigenvalue weighted by Crippen LogP contribution is -2.41. The quantitative estimate of drug-likeness (QED) is 0.669. The number of carboxylic acids is 1. The molecule has 1 saturated heterocycles. The second-order valence-corrected chi connectivity index (χ2v) is 7.65. The molecule has 5 nitrogen and oxygen atoms in total. The van der Waals surface area contributed by atoms with Gasteiger partial charge in [-0.3, -0.25) is 4.90 Å². The van der Waals surface area contributed by atoms with E-state index in [1.807, 2.05) is 18.2 Å². The van der Waals surface area contributed by atoms with Gasteiger partial charge >= 0.3 is 5.97 Å². The molecule has 1 aliphatic heterocycles. The zero-order chi connectivity index (χ0) is 19.4. The van der Waals surface area contributed by atoms with Crippen LogP contribution in [0.4, 0.5) is 0 Å². The highest BCUT2D eigenvalue weighted by molar-refractivity contribution is 6.42. The summed E-state index contributed by atoms with van der Waals surface area (Å²) >= 11 is 12.0. The Labute approximate surface area is 168 Å².